The van der Waals surface area contributed by atoms with Crippen LogP contribution in [0.1, 0.15) is 65.2 Å². The Morgan fingerprint density at radius 1 is 0.920 bits per heavy atom. The average molecular weight is 337 g/mol. The first-order valence-electron chi connectivity index (χ1n) is 10.5. The van der Waals surface area contributed by atoms with Crippen LogP contribution in [0, 0.1) is 28.6 Å². The Kier molecular flexibility index (Phi) is 3.52. The second-order valence-electron chi connectivity index (χ2n) is 9.84. The molecule has 0 aromatic heterocycles. The molecule has 1 nitrogen and oxygen atoms in total. The Morgan fingerprint density at radius 2 is 1.72 bits per heavy atom. The Labute approximate surface area is 152 Å². The molecule has 1 N–H and O–H groups in total. The van der Waals surface area contributed by atoms with Crippen LogP contribution in [0.2, 0.25) is 0 Å². The normalized spacial score (nSPS) is 48.2. The van der Waals surface area contributed by atoms with E-state index in [2.05, 4.69) is 44.2 Å². The van der Waals surface area contributed by atoms with Gasteiger partial charge in [-0.3, -0.25) is 0 Å². The fourth-order valence-electron chi connectivity index (χ4n) is 7.37. The lowest BCUT2D eigenvalue weighted by Gasteiger charge is -2.58. The molecule has 3 saturated carbocycles. The summed E-state index contributed by atoms with van der Waals surface area (Å²) < 4.78 is 0. The molecule has 0 bridgehead atoms. The summed E-state index contributed by atoms with van der Waals surface area (Å²) in [6, 6.07) is 0. The van der Waals surface area contributed by atoms with Crippen molar-refractivity contribution in [2.45, 2.75) is 71.3 Å². The Morgan fingerprint density at radius 3 is 2.52 bits per heavy atom. The van der Waals surface area contributed by atoms with Gasteiger partial charge in [0, 0.05) is 0 Å². The maximum atomic E-state index is 10.6. The summed E-state index contributed by atoms with van der Waals surface area (Å²) >= 11 is 0. The van der Waals surface area contributed by atoms with Crippen molar-refractivity contribution in [2.24, 2.45) is 28.6 Å². The fraction of sp³-hybridized carbons (Fsp3) is 0.667. The van der Waals surface area contributed by atoms with Gasteiger partial charge >= 0.3 is 0 Å². The smallest absolute Gasteiger partial charge is 0.0596 e. The largest absolute Gasteiger partial charge is 0.393 e. The number of aliphatic hydroxyl groups is 1. The van der Waals surface area contributed by atoms with E-state index in [1.165, 1.54) is 50.5 Å². The highest BCUT2D eigenvalue weighted by atomic mass is 16.3. The Hall–Kier alpha value is -1.08. The first kappa shape index (κ1) is 16.1. The lowest BCUT2D eigenvalue weighted by Crippen LogP contribution is -2.50. The first-order valence-corrected chi connectivity index (χ1v) is 10.5. The van der Waals surface area contributed by atoms with Crippen LogP contribution >= 0.6 is 0 Å². The van der Waals surface area contributed by atoms with Gasteiger partial charge in [0.25, 0.3) is 0 Å². The Bertz CT molecular complexity index is 694. The second-order valence-corrected chi connectivity index (χ2v) is 9.84. The molecule has 5 rings (SSSR count). The molecule has 0 radical (unpaired) electrons. The molecule has 5 aliphatic rings. The number of aliphatic hydroxyl groups excluding tert-OH is 1. The van der Waals surface area contributed by atoms with E-state index in [0.29, 0.717) is 5.41 Å². The topological polar surface area (TPSA) is 20.2 Å². The van der Waals surface area contributed by atoms with Crippen molar-refractivity contribution in [3.8, 4) is 0 Å². The van der Waals surface area contributed by atoms with Gasteiger partial charge in [0.05, 0.1) is 6.10 Å². The molecule has 0 aliphatic heterocycles. The molecule has 134 valence electrons. The van der Waals surface area contributed by atoms with Crippen LogP contribution in [0.3, 0.4) is 0 Å². The standard InChI is InChI=1S/C24H32O/c1-23-13-11-17(16-5-3-4-6-16)15-18(23)7-8-19-20-9-10-22(25)24(20,2)14-12-21(19)23/h3-6,15,19-22,25H,7-14H2,1-2H3. The van der Waals surface area contributed by atoms with Crippen LogP contribution in [-0.4, -0.2) is 11.2 Å². The first-order chi connectivity index (χ1) is 12.0. The summed E-state index contributed by atoms with van der Waals surface area (Å²) in [5, 5.41) is 10.6. The van der Waals surface area contributed by atoms with E-state index >= 15 is 0 Å². The van der Waals surface area contributed by atoms with Crippen molar-refractivity contribution in [3.05, 3.63) is 47.1 Å². The van der Waals surface area contributed by atoms with Crippen LogP contribution in [0.15, 0.2) is 47.1 Å². The molecule has 5 aliphatic carbocycles. The number of allylic oxidation sites excluding steroid dienone is 8. The van der Waals surface area contributed by atoms with Crippen LogP contribution in [0.4, 0.5) is 0 Å². The van der Waals surface area contributed by atoms with E-state index < -0.39 is 0 Å². The summed E-state index contributed by atoms with van der Waals surface area (Å²) in [5.41, 5.74) is 5.35. The van der Waals surface area contributed by atoms with Gasteiger partial charge < -0.3 is 5.11 Å². The van der Waals surface area contributed by atoms with Gasteiger partial charge in [0.2, 0.25) is 0 Å². The van der Waals surface area contributed by atoms with Gasteiger partial charge in [-0.2, -0.15) is 0 Å². The van der Waals surface area contributed by atoms with E-state index in [9.17, 15) is 5.11 Å². The molecule has 0 saturated heterocycles. The minimum absolute atomic E-state index is 0.0492. The molecular formula is C24H32O. The van der Waals surface area contributed by atoms with E-state index in [4.69, 9.17) is 0 Å². The van der Waals surface area contributed by atoms with Gasteiger partial charge in [-0.1, -0.05) is 49.8 Å². The highest BCUT2D eigenvalue weighted by Gasteiger charge is 2.58. The summed E-state index contributed by atoms with van der Waals surface area (Å²) in [7, 11) is 0. The van der Waals surface area contributed by atoms with Gasteiger partial charge in [0.15, 0.2) is 0 Å². The number of hydrogen-bond donors (Lipinski definition) is 1. The summed E-state index contributed by atoms with van der Waals surface area (Å²) in [6.07, 6.45) is 21.5. The third-order valence-corrected chi connectivity index (χ3v) is 8.98. The Balaban J connectivity index is 1.48. The minimum atomic E-state index is -0.0492. The monoisotopic (exact) mass is 336 g/mol. The van der Waals surface area contributed by atoms with Gasteiger partial charge in [-0.15, -0.1) is 0 Å². The molecule has 0 aromatic carbocycles. The second kappa shape index (κ2) is 5.46. The zero-order valence-corrected chi connectivity index (χ0v) is 15.8. The predicted molar refractivity (Wildman–Crippen MR) is 103 cm³/mol. The number of hydrogen-bond acceptors (Lipinski definition) is 1. The predicted octanol–water partition coefficient (Wildman–Crippen LogP) is 5.73. The maximum Gasteiger partial charge on any atom is 0.0596 e. The maximum absolute atomic E-state index is 10.6. The van der Waals surface area contributed by atoms with Gasteiger partial charge in [0.1, 0.15) is 0 Å². The van der Waals surface area contributed by atoms with Crippen molar-refractivity contribution < 1.29 is 5.11 Å². The van der Waals surface area contributed by atoms with Crippen molar-refractivity contribution >= 4 is 0 Å². The number of rotatable bonds is 0. The SMILES string of the molecule is CC12CCC(=C3C=CC=C3)C=C1CCC1C2CCC2(C)C(O)CCC12. The fourth-order valence-corrected chi connectivity index (χ4v) is 7.37. The van der Waals surface area contributed by atoms with Crippen molar-refractivity contribution in [1.82, 2.24) is 0 Å². The minimum Gasteiger partial charge on any atom is -0.393 e. The summed E-state index contributed by atoms with van der Waals surface area (Å²) in [5.74, 6) is 2.45. The molecule has 6 atom stereocenters. The molecule has 3 fully saturated rings. The average Bonchev–Trinajstić information content (AvgIpc) is 3.23. The molecule has 0 aromatic rings. The molecule has 0 spiro atoms. The zero-order chi connectivity index (χ0) is 17.2. The van der Waals surface area contributed by atoms with Gasteiger partial charge in [-0.25, -0.2) is 0 Å². The highest BCUT2D eigenvalue weighted by molar-refractivity contribution is 5.49. The number of fused-ring (bicyclic) bond motifs is 5. The van der Waals surface area contributed by atoms with E-state index in [0.717, 1.165) is 24.2 Å². The molecule has 6 unspecified atom stereocenters. The van der Waals surface area contributed by atoms with E-state index in [1.807, 2.05) is 0 Å². The van der Waals surface area contributed by atoms with Gasteiger partial charge in [-0.05, 0) is 91.1 Å². The molecule has 0 heterocycles. The third kappa shape index (κ3) is 2.17. The zero-order valence-electron chi connectivity index (χ0n) is 15.8. The van der Waals surface area contributed by atoms with Crippen LogP contribution in [0.25, 0.3) is 0 Å². The van der Waals surface area contributed by atoms with Crippen LogP contribution in [-0.2, 0) is 0 Å². The lowest BCUT2D eigenvalue weighted by molar-refractivity contribution is -0.0727. The van der Waals surface area contributed by atoms with Crippen molar-refractivity contribution in [3.63, 3.8) is 0 Å². The van der Waals surface area contributed by atoms with Crippen molar-refractivity contribution in [2.75, 3.05) is 0 Å². The molecule has 25 heavy (non-hydrogen) atoms. The molecule has 1 heteroatoms. The quantitative estimate of drug-likeness (QED) is 0.598. The van der Waals surface area contributed by atoms with E-state index in [-0.39, 0.29) is 11.5 Å². The van der Waals surface area contributed by atoms with Crippen LogP contribution in [0.5, 0.6) is 0 Å². The molecule has 0 amide bonds. The third-order valence-electron chi connectivity index (χ3n) is 8.98. The van der Waals surface area contributed by atoms with Crippen molar-refractivity contribution in [1.29, 1.82) is 0 Å². The summed E-state index contributed by atoms with van der Waals surface area (Å²) in [4.78, 5) is 0. The van der Waals surface area contributed by atoms with E-state index in [1.54, 1.807) is 11.1 Å². The lowest BCUT2D eigenvalue weighted by atomic mass is 9.47. The highest BCUT2D eigenvalue weighted by Crippen LogP contribution is 2.65. The summed E-state index contributed by atoms with van der Waals surface area (Å²) in [6.45, 7) is 4.97. The van der Waals surface area contributed by atoms with Crippen LogP contribution < -0.4 is 0 Å². The molecular weight excluding hydrogens is 304 g/mol.